The van der Waals surface area contributed by atoms with Crippen molar-refractivity contribution in [1.29, 1.82) is 0 Å². The predicted molar refractivity (Wildman–Crippen MR) is 105 cm³/mol. The number of rotatable bonds is 4. The number of aryl methyl sites for hydroxylation is 1. The van der Waals surface area contributed by atoms with Crippen molar-refractivity contribution in [3.63, 3.8) is 0 Å². The van der Waals surface area contributed by atoms with Gasteiger partial charge in [0.25, 0.3) is 0 Å². The summed E-state index contributed by atoms with van der Waals surface area (Å²) in [4.78, 5) is 19.8. The predicted octanol–water partition coefficient (Wildman–Crippen LogP) is 4.40. The molecule has 0 bridgehead atoms. The maximum Gasteiger partial charge on any atom is 0.163 e. The van der Waals surface area contributed by atoms with Gasteiger partial charge in [-0.25, -0.2) is 4.98 Å². The zero-order valence-corrected chi connectivity index (χ0v) is 15.8. The maximum absolute atomic E-state index is 12.8. The number of hydrogen-bond acceptors (Lipinski definition) is 4. The summed E-state index contributed by atoms with van der Waals surface area (Å²) in [5.41, 5.74) is 3.11. The lowest BCUT2D eigenvalue weighted by atomic mass is 9.83. The molecule has 0 N–H and O–H groups in total. The average molecular weight is 352 g/mol. The number of Topliss-reactive ketones (excluding diaryl/α,β-unsaturated/α-hetero) is 1. The summed E-state index contributed by atoms with van der Waals surface area (Å²) < 4.78 is 5.43. The summed E-state index contributed by atoms with van der Waals surface area (Å²) in [7, 11) is 3.89. The third kappa shape index (κ3) is 3.48. The van der Waals surface area contributed by atoms with Crippen molar-refractivity contribution in [3.8, 4) is 0 Å². The van der Waals surface area contributed by atoms with Crippen molar-refractivity contribution in [2.24, 2.45) is 5.92 Å². The molecule has 2 aromatic rings. The first-order chi connectivity index (χ1) is 12.6. The molecule has 1 aliphatic carbocycles. The van der Waals surface area contributed by atoms with E-state index in [0.29, 0.717) is 18.4 Å². The van der Waals surface area contributed by atoms with Crippen LogP contribution in [0.3, 0.4) is 0 Å². The van der Waals surface area contributed by atoms with Gasteiger partial charge in [-0.2, -0.15) is 0 Å². The van der Waals surface area contributed by atoms with Crippen LogP contribution in [0.2, 0.25) is 0 Å². The minimum absolute atomic E-state index is 0.266. The van der Waals surface area contributed by atoms with Crippen LogP contribution in [-0.4, -0.2) is 37.6 Å². The molecule has 0 radical (unpaired) electrons. The normalized spacial score (nSPS) is 23.1. The number of fused-ring (bicyclic) bond motifs is 2. The topological polar surface area (TPSA) is 42.4 Å². The Hall–Kier alpha value is -1.94. The Morgan fingerprint density at radius 3 is 2.81 bits per heavy atom. The minimum Gasteiger partial charge on any atom is -0.381 e. The van der Waals surface area contributed by atoms with E-state index in [1.165, 1.54) is 12.0 Å². The summed E-state index contributed by atoms with van der Waals surface area (Å²) in [6.45, 7) is 1.06. The molecule has 1 aromatic carbocycles. The number of anilines is 1. The van der Waals surface area contributed by atoms with Crippen molar-refractivity contribution in [3.05, 3.63) is 35.4 Å². The van der Waals surface area contributed by atoms with Gasteiger partial charge in [-0.3, -0.25) is 4.79 Å². The highest BCUT2D eigenvalue weighted by Gasteiger charge is 2.23. The Morgan fingerprint density at radius 1 is 1.23 bits per heavy atom. The highest BCUT2D eigenvalue weighted by molar-refractivity contribution is 5.99. The van der Waals surface area contributed by atoms with E-state index in [4.69, 9.17) is 9.72 Å². The quantitative estimate of drug-likeness (QED) is 0.765. The zero-order chi connectivity index (χ0) is 18.1. The Balaban J connectivity index is 1.51. The second-order valence-electron chi connectivity index (χ2n) is 7.91. The number of pyridine rings is 1. The molecule has 1 fully saturated rings. The molecule has 1 aliphatic heterocycles. The van der Waals surface area contributed by atoms with Gasteiger partial charge < -0.3 is 9.64 Å². The Morgan fingerprint density at radius 2 is 2.04 bits per heavy atom. The van der Waals surface area contributed by atoms with Crippen LogP contribution in [0.5, 0.6) is 0 Å². The van der Waals surface area contributed by atoms with E-state index in [2.05, 4.69) is 18.0 Å². The third-order valence-electron chi connectivity index (χ3n) is 6.10. The fourth-order valence-electron chi connectivity index (χ4n) is 4.46. The molecule has 0 unspecified atom stereocenters. The van der Waals surface area contributed by atoms with E-state index < -0.39 is 0 Å². The molecule has 1 aromatic heterocycles. The van der Waals surface area contributed by atoms with Crippen LogP contribution < -0.4 is 4.90 Å². The number of carbonyl (C=O) groups excluding carboxylic acids is 1. The minimum atomic E-state index is 0.266. The molecular formula is C22H28N2O2. The van der Waals surface area contributed by atoms with Gasteiger partial charge in [0.1, 0.15) is 5.82 Å². The SMILES string of the molecule is COC1CCC(CC(=O)c2ccc3nc4c(cc3c2)CCCN4C)CC1. The highest BCUT2D eigenvalue weighted by atomic mass is 16.5. The molecule has 0 saturated heterocycles. The van der Waals surface area contributed by atoms with E-state index in [1.807, 2.05) is 18.2 Å². The van der Waals surface area contributed by atoms with E-state index in [-0.39, 0.29) is 5.78 Å². The van der Waals surface area contributed by atoms with Crippen molar-refractivity contribution in [2.45, 2.75) is 51.0 Å². The van der Waals surface area contributed by atoms with Crippen molar-refractivity contribution < 1.29 is 9.53 Å². The summed E-state index contributed by atoms with van der Waals surface area (Å²) in [5, 5.41) is 1.09. The molecule has 4 nitrogen and oxygen atoms in total. The molecule has 0 amide bonds. The van der Waals surface area contributed by atoms with E-state index in [9.17, 15) is 4.79 Å². The highest BCUT2D eigenvalue weighted by Crippen LogP contribution is 2.31. The van der Waals surface area contributed by atoms with Gasteiger partial charge in [-0.1, -0.05) is 0 Å². The number of ether oxygens (including phenoxy) is 1. The largest absolute Gasteiger partial charge is 0.381 e. The molecular weight excluding hydrogens is 324 g/mol. The first-order valence-corrected chi connectivity index (χ1v) is 9.85. The smallest absolute Gasteiger partial charge is 0.163 e. The van der Waals surface area contributed by atoms with Crippen LogP contribution in [-0.2, 0) is 11.2 Å². The number of aromatic nitrogens is 1. The Kier molecular flexibility index (Phi) is 4.94. The maximum atomic E-state index is 12.8. The molecule has 0 atom stereocenters. The number of methoxy groups -OCH3 is 1. The molecule has 4 rings (SSSR count). The lowest BCUT2D eigenvalue weighted by Crippen LogP contribution is -2.25. The van der Waals surface area contributed by atoms with Crippen LogP contribution in [0.4, 0.5) is 5.82 Å². The summed E-state index contributed by atoms with van der Waals surface area (Å²) in [6, 6.07) is 8.23. The van der Waals surface area contributed by atoms with E-state index in [0.717, 1.165) is 60.9 Å². The molecule has 0 spiro atoms. The van der Waals surface area contributed by atoms with Gasteiger partial charge in [-0.05, 0) is 74.3 Å². The number of ketones is 1. The lowest BCUT2D eigenvalue weighted by Gasteiger charge is -2.27. The second kappa shape index (κ2) is 7.36. The van der Waals surface area contributed by atoms with Crippen LogP contribution in [0, 0.1) is 5.92 Å². The third-order valence-corrected chi connectivity index (χ3v) is 6.10. The van der Waals surface area contributed by atoms with Gasteiger partial charge in [-0.15, -0.1) is 0 Å². The average Bonchev–Trinajstić information content (AvgIpc) is 2.67. The summed E-state index contributed by atoms with van der Waals surface area (Å²) in [5.74, 6) is 1.86. The lowest BCUT2D eigenvalue weighted by molar-refractivity contribution is 0.0539. The standard InChI is InChI=1S/C22H28N2O2/c1-24-11-3-4-17-14-18-13-16(7-10-20(18)23-22(17)24)21(25)12-15-5-8-19(26-2)9-6-15/h7,10,13-15,19H,3-6,8-9,11-12H2,1-2H3. The molecule has 2 aliphatic rings. The second-order valence-corrected chi connectivity index (χ2v) is 7.91. The molecule has 26 heavy (non-hydrogen) atoms. The first-order valence-electron chi connectivity index (χ1n) is 9.85. The van der Waals surface area contributed by atoms with Gasteiger partial charge in [0.2, 0.25) is 0 Å². The number of benzene rings is 1. The van der Waals surface area contributed by atoms with Crippen molar-refractivity contribution in [2.75, 3.05) is 25.6 Å². The Labute approximate surface area is 155 Å². The van der Waals surface area contributed by atoms with Crippen LogP contribution >= 0.6 is 0 Å². The van der Waals surface area contributed by atoms with Gasteiger partial charge >= 0.3 is 0 Å². The molecule has 138 valence electrons. The van der Waals surface area contributed by atoms with Crippen LogP contribution in [0.1, 0.15) is 54.4 Å². The van der Waals surface area contributed by atoms with Crippen LogP contribution in [0.15, 0.2) is 24.3 Å². The molecule has 4 heteroatoms. The number of hydrogen-bond donors (Lipinski definition) is 0. The zero-order valence-electron chi connectivity index (χ0n) is 15.8. The van der Waals surface area contributed by atoms with Crippen molar-refractivity contribution in [1.82, 2.24) is 4.98 Å². The molecule has 1 saturated carbocycles. The Bertz CT molecular complexity index is 809. The fraction of sp³-hybridized carbons (Fsp3) is 0.545. The van der Waals surface area contributed by atoms with Gasteiger partial charge in [0.05, 0.1) is 11.6 Å². The van der Waals surface area contributed by atoms with Crippen LogP contribution in [0.25, 0.3) is 10.9 Å². The summed E-state index contributed by atoms with van der Waals surface area (Å²) >= 11 is 0. The van der Waals surface area contributed by atoms with E-state index in [1.54, 1.807) is 7.11 Å². The first kappa shape index (κ1) is 17.5. The van der Waals surface area contributed by atoms with E-state index >= 15 is 0 Å². The summed E-state index contributed by atoms with van der Waals surface area (Å²) in [6.07, 6.45) is 7.63. The number of carbonyl (C=O) groups is 1. The van der Waals surface area contributed by atoms with Crippen molar-refractivity contribution >= 4 is 22.5 Å². The number of nitrogens with zero attached hydrogens (tertiary/aromatic N) is 2. The fourth-order valence-corrected chi connectivity index (χ4v) is 4.46. The molecule has 2 heterocycles. The van der Waals surface area contributed by atoms with Gasteiger partial charge in [0, 0.05) is 38.1 Å². The monoisotopic (exact) mass is 352 g/mol. The van der Waals surface area contributed by atoms with Gasteiger partial charge in [0.15, 0.2) is 5.78 Å².